The van der Waals surface area contributed by atoms with Crippen molar-refractivity contribution in [3.05, 3.63) is 60.7 Å². The van der Waals surface area contributed by atoms with Crippen molar-refractivity contribution >= 4 is 21.1 Å². The Balaban J connectivity index is 1.38. The third-order valence-electron chi connectivity index (χ3n) is 6.08. The quantitative estimate of drug-likeness (QED) is 0.395. The zero-order valence-corrected chi connectivity index (χ0v) is 18.3. The molecule has 0 amide bonds. The number of H-pyrrole nitrogens is 1. The lowest BCUT2D eigenvalue weighted by atomic mass is 10.0. The van der Waals surface area contributed by atoms with E-state index in [1.807, 2.05) is 24.3 Å². The number of nitrogens with one attached hydrogen (secondary N) is 2. The molecule has 1 aliphatic rings. The van der Waals surface area contributed by atoms with E-state index in [-0.39, 0.29) is 11.4 Å². The third-order valence-corrected chi connectivity index (χ3v) is 7.50. The van der Waals surface area contributed by atoms with E-state index in [0.29, 0.717) is 6.54 Å². The van der Waals surface area contributed by atoms with Crippen LogP contribution in [0, 0.1) is 0 Å². The number of benzene rings is 1. The molecule has 0 atom stereocenters. The number of sulfonamides is 1. The second kappa shape index (κ2) is 8.12. The van der Waals surface area contributed by atoms with E-state index in [9.17, 15) is 8.42 Å². The molecule has 166 valence electrons. The van der Waals surface area contributed by atoms with Crippen LogP contribution in [0.1, 0.15) is 31.4 Å². The first-order chi connectivity index (χ1) is 15.4. The van der Waals surface area contributed by atoms with Gasteiger partial charge in [-0.1, -0.05) is 30.2 Å². The number of nitrogens with two attached hydrogens (primary N) is 1. The summed E-state index contributed by atoms with van der Waals surface area (Å²) in [5.41, 5.74) is 9.46. The van der Waals surface area contributed by atoms with E-state index in [4.69, 9.17) is 5.73 Å². The molecule has 9 nitrogen and oxygen atoms in total. The van der Waals surface area contributed by atoms with E-state index in [1.54, 1.807) is 35.4 Å². The monoisotopic (exact) mass is 451 g/mol. The highest BCUT2D eigenvalue weighted by Gasteiger charge is 2.30. The van der Waals surface area contributed by atoms with E-state index in [1.165, 1.54) is 0 Å². The largest absolute Gasteiger partial charge is 0.342 e. The van der Waals surface area contributed by atoms with Gasteiger partial charge in [0.05, 0.1) is 17.6 Å². The van der Waals surface area contributed by atoms with Gasteiger partial charge in [0.25, 0.3) is 0 Å². The van der Waals surface area contributed by atoms with Crippen LogP contribution in [0.15, 0.2) is 59.9 Å². The van der Waals surface area contributed by atoms with Gasteiger partial charge in [-0.15, -0.1) is 5.10 Å². The average molecular weight is 452 g/mol. The topological polar surface area (TPSA) is 132 Å². The summed E-state index contributed by atoms with van der Waals surface area (Å²) in [7, 11) is -3.62. The summed E-state index contributed by atoms with van der Waals surface area (Å²) in [6.07, 6.45) is 8.97. The Morgan fingerprint density at radius 3 is 2.62 bits per heavy atom. The van der Waals surface area contributed by atoms with Gasteiger partial charge in [0.1, 0.15) is 5.65 Å². The Morgan fingerprint density at radius 2 is 1.91 bits per heavy atom. The van der Waals surface area contributed by atoms with Crippen molar-refractivity contribution in [3.8, 4) is 11.1 Å². The van der Waals surface area contributed by atoms with E-state index in [2.05, 4.69) is 25.0 Å². The molecule has 32 heavy (non-hydrogen) atoms. The van der Waals surface area contributed by atoms with E-state index < -0.39 is 15.6 Å². The first-order valence-electron chi connectivity index (χ1n) is 10.6. The summed E-state index contributed by atoms with van der Waals surface area (Å²) in [6, 6.07) is 10.9. The molecule has 0 spiro atoms. The van der Waals surface area contributed by atoms with Gasteiger partial charge in [0.15, 0.2) is 0 Å². The molecule has 10 heteroatoms. The molecule has 0 saturated heterocycles. The highest BCUT2D eigenvalue weighted by molar-refractivity contribution is 7.89. The van der Waals surface area contributed by atoms with Crippen LogP contribution >= 0.6 is 0 Å². The van der Waals surface area contributed by atoms with Crippen LogP contribution in [0.3, 0.4) is 0 Å². The Bertz CT molecular complexity index is 1320. The summed E-state index contributed by atoms with van der Waals surface area (Å²) in [4.78, 5) is 7.96. The summed E-state index contributed by atoms with van der Waals surface area (Å²) >= 11 is 0. The van der Waals surface area contributed by atoms with Gasteiger partial charge < -0.3 is 10.7 Å². The second-order valence-electron chi connectivity index (χ2n) is 8.43. The zero-order valence-electron chi connectivity index (χ0n) is 17.5. The minimum absolute atomic E-state index is 0.231. The zero-order chi connectivity index (χ0) is 22.2. The number of fused-ring (bicyclic) bond motifs is 1. The lowest BCUT2D eigenvalue weighted by Crippen LogP contribution is -2.47. The Morgan fingerprint density at radius 1 is 1.12 bits per heavy atom. The molecule has 3 aromatic heterocycles. The second-order valence-corrected chi connectivity index (χ2v) is 10.2. The molecule has 4 aromatic rings. The Kier molecular flexibility index (Phi) is 5.28. The first kappa shape index (κ1) is 20.8. The van der Waals surface area contributed by atoms with Gasteiger partial charge in [-0.2, -0.15) is 0 Å². The van der Waals surface area contributed by atoms with Crippen LogP contribution in [0.2, 0.25) is 0 Å². The molecule has 1 fully saturated rings. The molecule has 1 aromatic carbocycles. The molecule has 0 unspecified atom stereocenters. The van der Waals surface area contributed by atoms with Gasteiger partial charge in [-0.3, -0.25) is 0 Å². The first-order valence-corrected chi connectivity index (χ1v) is 12.1. The van der Waals surface area contributed by atoms with Gasteiger partial charge in [0, 0.05) is 35.6 Å². The van der Waals surface area contributed by atoms with Gasteiger partial charge in [-0.05, 0) is 48.2 Å². The van der Waals surface area contributed by atoms with Crippen molar-refractivity contribution in [1.82, 2.24) is 29.7 Å². The average Bonchev–Trinajstić information content (AvgIpc) is 3.54. The van der Waals surface area contributed by atoms with Crippen LogP contribution in [0.5, 0.6) is 0 Å². The van der Waals surface area contributed by atoms with Gasteiger partial charge in [0.2, 0.25) is 10.0 Å². The molecule has 5 rings (SSSR count). The molecule has 1 saturated carbocycles. The van der Waals surface area contributed by atoms with Crippen LogP contribution in [0.25, 0.3) is 22.2 Å². The Labute approximate surface area is 186 Å². The molecule has 0 radical (unpaired) electrons. The summed E-state index contributed by atoms with van der Waals surface area (Å²) in [5.74, 6) is 0. The Hall–Kier alpha value is -3.08. The highest BCUT2D eigenvalue weighted by Crippen LogP contribution is 2.30. The van der Waals surface area contributed by atoms with Gasteiger partial charge in [-0.25, -0.2) is 22.8 Å². The van der Waals surface area contributed by atoms with Crippen molar-refractivity contribution in [2.45, 2.75) is 42.7 Å². The van der Waals surface area contributed by atoms with Crippen LogP contribution in [-0.4, -0.2) is 45.5 Å². The number of pyridine rings is 1. The molecule has 0 bridgehead atoms. The maximum Gasteiger partial charge on any atom is 0.240 e. The molecular weight excluding hydrogens is 426 g/mol. The molecular formula is C22H25N7O2S. The van der Waals surface area contributed by atoms with Crippen molar-refractivity contribution < 1.29 is 8.42 Å². The lowest BCUT2D eigenvalue weighted by Gasteiger charge is -2.23. The normalized spacial score (nSPS) is 16.0. The number of nitrogens with zero attached hydrogens (tertiary/aromatic N) is 4. The smallest absolute Gasteiger partial charge is 0.240 e. The lowest BCUT2D eigenvalue weighted by molar-refractivity contribution is 0.431. The van der Waals surface area contributed by atoms with Crippen molar-refractivity contribution in [2.24, 2.45) is 5.73 Å². The minimum Gasteiger partial charge on any atom is -0.342 e. The van der Waals surface area contributed by atoms with Crippen LogP contribution in [0.4, 0.5) is 0 Å². The predicted octanol–water partition coefficient (Wildman–Crippen LogP) is 2.42. The highest BCUT2D eigenvalue weighted by atomic mass is 32.2. The molecule has 3 heterocycles. The van der Waals surface area contributed by atoms with E-state index >= 15 is 0 Å². The van der Waals surface area contributed by atoms with Crippen molar-refractivity contribution in [2.75, 3.05) is 6.54 Å². The van der Waals surface area contributed by atoms with Crippen molar-refractivity contribution in [3.63, 3.8) is 0 Å². The maximum atomic E-state index is 12.8. The van der Waals surface area contributed by atoms with Crippen LogP contribution in [-0.2, 0) is 16.6 Å². The number of hydrogen-bond acceptors (Lipinski definition) is 6. The third kappa shape index (κ3) is 4.16. The summed E-state index contributed by atoms with van der Waals surface area (Å²) < 4.78 is 29.9. The fourth-order valence-electron chi connectivity index (χ4n) is 4.30. The number of aromatic amines is 1. The number of rotatable bonds is 7. The summed E-state index contributed by atoms with van der Waals surface area (Å²) in [5, 5.41) is 8.78. The fraction of sp³-hybridized carbons (Fsp3) is 0.318. The fourth-order valence-corrected chi connectivity index (χ4v) is 5.44. The number of aromatic nitrogens is 5. The van der Waals surface area contributed by atoms with Gasteiger partial charge >= 0.3 is 0 Å². The summed E-state index contributed by atoms with van der Waals surface area (Å²) in [6.45, 7) is 0.821. The SMILES string of the molecule is NC1(CNS(=O)(=O)c2ccc(-c3ccnc4[nH]c(Cn5ccnn5)cc34)cc2)CCCC1. The maximum absolute atomic E-state index is 12.8. The number of hydrogen-bond donors (Lipinski definition) is 3. The minimum atomic E-state index is -3.62. The molecule has 0 aliphatic heterocycles. The molecule has 4 N–H and O–H groups in total. The predicted molar refractivity (Wildman–Crippen MR) is 121 cm³/mol. The molecule has 1 aliphatic carbocycles. The van der Waals surface area contributed by atoms with Crippen molar-refractivity contribution in [1.29, 1.82) is 0 Å². The van der Waals surface area contributed by atoms with E-state index in [0.717, 1.165) is 53.5 Å². The van der Waals surface area contributed by atoms with Crippen LogP contribution < -0.4 is 10.5 Å². The standard InChI is InChI=1S/C22H25N7O2S/c23-22(8-1-2-9-22)15-26-32(30,31)18-5-3-16(4-6-18)19-7-10-24-21-20(19)13-17(27-21)14-29-12-11-25-28-29/h3-7,10-13,26H,1-2,8-9,14-15,23H2,(H,24,27).